The van der Waals surface area contributed by atoms with E-state index in [1.165, 1.54) is 14.2 Å². The molecule has 1 aromatic rings. The third-order valence-corrected chi connectivity index (χ3v) is 5.51. The Morgan fingerprint density at radius 3 is 2.40 bits per heavy atom. The van der Waals surface area contributed by atoms with Gasteiger partial charge >= 0.3 is 19.6 Å². The molecule has 0 saturated carbocycles. The first-order valence-electron chi connectivity index (χ1n) is 7.67. The highest BCUT2D eigenvalue weighted by molar-refractivity contribution is 7.54. The summed E-state index contributed by atoms with van der Waals surface area (Å²) in [5, 5.41) is 5.22. The highest BCUT2D eigenvalue weighted by Crippen LogP contribution is 2.48. The molecule has 1 unspecified atom stereocenters. The minimum atomic E-state index is -3.50. The van der Waals surface area contributed by atoms with Crippen LogP contribution in [-0.4, -0.2) is 39.0 Å². The van der Waals surface area contributed by atoms with Gasteiger partial charge < -0.3 is 24.4 Å². The molecule has 0 fully saturated rings. The van der Waals surface area contributed by atoms with E-state index in [2.05, 4.69) is 10.6 Å². The second kappa shape index (κ2) is 8.29. The zero-order valence-electron chi connectivity index (χ0n) is 14.3. The Bertz CT molecular complexity index is 711. The Labute approximate surface area is 146 Å². The highest BCUT2D eigenvalue weighted by atomic mass is 31.2. The van der Waals surface area contributed by atoms with Crippen molar-refractivity contribution in [3.63, 3.8) is 0 Å². The first-order valence-corrected chi connectivity index (χ1v) is 9.40. The predicted molar refractivity (Wildman–Crippen MR) is 91.0 cm³/mol. The molecule has 2 N–H and O–H groups in total. The summed E-state index contributed by atoms with van der Waals surface area (Å²) < 4.78 is 27.5. The minimum absolute atomic E-state index is 0.156. The summed E-state index contributed by atoms with van der Waals surface area (Å²) in [5.41, 5.74) is 1.02. The number of carbonyl (C=O) groups is 2. The Balaban J connectivity index is 2.54. The lowest BCUT2D eigenvalue weighted by Crippen LogP contribution is -2.46. The largest absolute Gasteiger partial charge is 0.463 e. The van der Waals surface area contributed by atoms with E-state index in [0.717, 1.165) is 0 Å². The number of amides is 2. The van der Waals surface area contributed by atoms with Gasteiger partial charge in [-0.1, -0.05) is 30.3 Å². The smallest absolute Gasteiger partial charge is 0.338 e. The summed E-state index contributed by atoms with van der Waals surface area (Å²) in [6.07, 6.45) is -0.259. The van der Waals surface area contributed by atoms with Gasteiger partial charge in [-0.25, -0.2) is 9.59 Å². The summed E-state index contributed by atoms with van der Waals surface area (Å²) >= 11 is 0. The van der Waals surface area contributed by atoms with Crippen molar-refractivity contribution < 1.29 is 27.9 Å². The number of hydrogen-bond donors (Lipinski definition) is 2. The lowest BCUT2D eigenvalue weighted by molar-refractivity contribution is -0.139. The van der Waals surface area contributed by atoms with Gasteiger partial charge in [-0.05, 0) is 12.5 Å². The SMILES string of the molecule is CCOC(=O)C1=C(CP(=O)(OC)OC)NC(=O)NC1c1ccccc1. The molecule has 25 heavy (non-hydrogen) atoms. The van der Waals surface area contributed by atoms with Crippen molar-refractivity contribution in [3.05, 3.63) is 47.2 Å². The van der Waals surface area contributed by atoms with Crippen molar-refractivity contribution in [1.82, 2.24) is 10.6 Å². The van der Waals surface area contributed by atoms with Crippen LogP contribution in [0.3, 0.4) is 0 Å². The molecule has 8 nitrogen and oxygen atoms in total. The molecule has 0 aliphatic carbocycles. The van der Waals surface area contributed by atoms with Gasteiger partial charge in [-0.2, -0.15) is 0 Å². The molecule has 1 aliphatic rings. The molecule has 1 aliphatic heterocycles. The van der Waals surface area contributed by atoms with Crippen molar-refractivity contribution in [3.8, 4) is 0 Å². The fourth-order valence-electron chi connectivity index (χ4n) is 2.49. The van der Waals surface area contributed by atoms with E-state index in [1.54, 1.807) is 31.2 Å². The molecule has 0 aromatic heterocycles. The average molecular weight is 368 g/mol. The van der Waals surface area contributed by atoms with E-state index < -0.39 is 25.6 Å². The lowest BCUT2D eigenvalue weighted by atomic mass is 9.95. The summed E-state index contributed by atoms with van der Waals surface area (Å²) in [6.45, 7) is 1.84. The lowest BCUT2D eigenvalue weighted by Gasteiger charge is -2.30. The molecule has 0 bridgehead atoms. The van der Waals surface area contributed by atoms with Crippen LogP contribution in [0.15, 0.2) is 41.6 Å². The molecule has 136 valence electrons. The van der Waals surface area contributed by atoms with E-state index in [1.807, 2.05) is 6.07 Å². The highest BCUT2D eigenvalue weighted by Gasteiger charge is 2.37. The van der Waals surface area contributed by atoms with Gasteiger partial charge in [-0.15, -0.1) is 0 Å². The van der Waals surface area contributed by atoms with Crippen LogP contribution in [0.25, 0.3) is 0 Å². The van der Waals surface area contributed by atoms with Gasteiger partial charge in [0.2, 0.25) is 0 Å². The number of hydrogen-bond acceptors (Lipinski definition) is 6. The van der Waals surface area contributed by atoms with Crippen LogP contribution in [0.4, 0.5) is 4.79 Å². The first-order chi connectivity index (χ1) is 11.9. The standard InChI is InChI=1S/C16H21N2O6P/c1-4-24-15(19)13-12(10-25(21,22-2)23-3)17-16(20)18-14(13)11-8-6-5-7-9-11/h5-9,14H,4,10H2,1-3H3,(H2,17,18,20). The van der Waals surface area contributed by atoms with Crippen LogP contribution in [-0.2, 0) is 23.1 Å². The molecule has 1 heterocycles. The monoisotopic (exact) mass is 368 g/mol. The molecule has 2 amide bonds. The molecule has 0 saturated heterocycles. The number of allylic oxidation sites excluding steroid dienone is 1. The molecule has 1 aromatic carbocycles. The third kappa shape index (κ3) is 4.48. The van der Waals surface area contributed by atoms with Crippen LogP contribution >= 0.6 is 7.60 Å². The van der Waals surface area contributed by atoms with Crippen molar-refractivity contribution in [2.75, 3.05) is 27.0 Å². The molecular formula is C16H21N2O6P. The minimum Gasteiger partial charge on any atom is -0.463 e. The molecule has 9 heteroatoms. The zero-order chi connectivity index (χ0) is 18.4. The third-order valence-electron chi connectivity index (χ3n) is 3.69. The number of carbonyl (C=O) groups excluding carboxylic acids is 2. The van der Waals surface area contributed by atoms with E-state index in [-0.39, 0.29) is 24.0 Å². The van der Waals surface area contributed by atoms with Crippen LogP contribution < -0.4 is 10.6 Å². The van der Waals surface area contributed by atoms with E-state index in [4.69, 9.17) is 13.8 Å². The van der Waals surface area contributed by atoms with Crippen LogP contribution in [0.2, 0.25) is 0 Å². The maximum atomic E-state index is 12.5. The number of benzene rings is 1. The molecule has 0 spiro atoms. The molecular weight excluding hydrogens is 347 g/mol. The average Bonchev–Trinajstić information content (AvgIpc) is 2.62. The topological polar surface area (TPSA) is 103 Å². The second-order valence-corrected chi connectivity index (χ2v) is 7.46. The fourth-order valence-corrected chi connectivity index (χ4v) is 3.53. The van der Waals surface area contributed by atoms with Gasteiger partial charge in [0.25, 0.3) is 0 Å². The number of urea groups is 1. The Morgan fingerprint density at radius 2 is 1.84 bits per heavy atom. The van der Waals surface area contributed by atoms with Gasteiger partial charge in [0.1, 0.15) is 0 Å². The quantitative estimate of drug-likeness (QED) is 0.566. The maximum absolute atomic E-state index is 12.5. The fraction of sp³-hybridized carbons (Fsp3) is 0.375. The number of ether oxygens (including phenoxy) is 1. The van der Waals surface area contributed by atoms with Gasteiger partial charge in [-0.3, -0.25) is 4.57 Å². The second-order valence-electron chi connectivity index (χ2n) is 5.19. The van der Waals surface area contributed by atoms with E-state index in [0.29, 0.717) is 5.56 Å². The Kier molecular flexibility index (Phi) is 6.36. The molecule has 0 radical (unpaired) electrons. The van der Waals surface area contributed by atoms with Crippen molar-refractivity contribution >= 4 is 19.6 Å². The summed E-state index contributed by atoms with van der Waals surface area (Å²) in [5.74, 6) is -0.613. The summed E-state index contributed by atoms with van der Waals surface area (Å²) in [6, 6.07) is 7.72. The van der Waals surface area contributed by atoms with Gasteiger partial charge in [0.15, 0.2) is 0 Å². The van der Waals surface area contributed by atoms with Crippen molar-refractivity contribution in [2.24, 2.45) is 0 Å². The summed E-state index contributed by atoms with van der Waals surface area (Å²) in [7, 11) is -1.01. The molecule has 2 rings (SSSR count). The Hall–Kier alpha value is -2.15. The van der Waals surface area contributed by atoms with Crippen LogP contribution in [0.5, 0.6) is 0 Å². The first kappa shape index (κ1) is 19.2. The number of rotatable bonds is 7. The van der Waals surface area contributed by atoms with E-state index in [9.17, 15) is 14.2 Å². The van der Waals surface area contributed by atoms with E-state index >= 15 is 0 Å². The number of esters is 1. The summed E-state index contributed by atoms with van der Waals surface area (Å²) in [4.78, 5) is 24.6. The van der Waals surface area contributed by atoms with Crippen LogP contribution in [0, 0.1) is 0 Å². The van der Waals surface area contributed by atoms with Crippen LogP contribution in [0.1, 0.15) is 18.5 Å². The normalized spacial score (nSPS) is 17.7. The number of nitrogens with one attached hydrogen (secondary N) is 2. The van der Waals surface area contributed by atoms with Gasteiger partial charge in [0.05, 0.1) is 24.4 Å². The van der Waals surface area contributed by atoms with Gasteiger partial charge in [0, 0.05) is 19.9 Å². The van der Waals surface area contributed by atoms with Crippen molar-refractivity contribution in [1.29, 1.82) is 0 Å². The molecule has 1 atom stereocenters. The Morgan fingerprint density at radius 1 is 1.20 bits per heavy atom. The maximum Gasteiger partial charge on any atom is 0.338 e. The van der Waals surface area contributed by atoms with Crippen molar-refractivity contribution in [2.45, 2.75) is 13.0 Å². The predicted octanol–water partition coefficient (Wildman–Crippen LogP) is 2.34. The zero-order valence-corrected chi connectivity index (χ0v) is 15.2.